The van der Waals surface area contributed by atoms with Gasteiger partial charge in [0.25, 0.3) is 10.0 Å². The monoisotopic (exact) mass is 516 g/mol. The fourth-order valence-corrected chi connectivity index (χ4v) is 6.34. The van der Waals surface area contributed by atoms with Gasteiger partial charge in [0.15, 0.2) is 0 Å². The number of nitrogens with one attached hydrogen (secondary N) is 1. The lowest BCUT2D eigenvalue weighted by Crippen LogP contribution is -2.34. The molecule has 2 heterocycles. The van der Waals surface area contributed by atoms with Crippen molar-refractivity contribution >= 4 is 62.0 Å². The largest absolute Gasteiger partial charge is 0.485 e. The minimum atomic E-state index is -3.98. The Morgan fingerprint density at radius 3 is 2.52 bits per heavy atom. The number of sulfonamides is 1. The van der Waals surface area contributed by atoms with E-state index >= 15 is 0 Å². The van der Waals surface area contributed by atoms with Crippen molar-refractivity contribution in [2.24, 2.45) is 0 Å². The standard InChI is InChI=1S/C21H19Cl3N2O3S2/c1-21(8-9-25-13-21)29-19-11-17(6-7-18(19)23)26(24)31(27,28)20-10-15(12-30-20)14-2-4-16(22)5-3-14/h2-7,10-12,25H,8-9,13H2,1H3/t21-/m1/s1. The maximum Gasteiger partial charge on any atom is 0.287 e. The lowest BCUT2D eigenvalue weighted by molar-refractivity contribution is 0.111. The Labute approximate surface area is 200 Å². The molecule has 0 unspecified atom stereocenters. The van der Waals surface area contributed by atoms with Gasteiger partial charge in [0.2, 0.25) is 0 Å². The van der Waals surface area contributed by atoms with E-state index in [2.05, 4.69) is 5.32 Å². The maximum absolute atomic E-state index is 13.1. The molecule has 1 N–H and O–H groups in total. The van der Waals surface area contributed by atoms with Crippen molar-refractivity contribution in [2.45, 2.75) is 23.2 Å². The Kier molecular flexibility index (Phi) is 6.45. The quantitative estimate of drug-likeness (QED) is 0.395. The first-order chi connectivity index (χ1) is 14.7. The molecular weight excluding hydrogens is 499 g/mol. The summed E-state index contributed by atoms with van der Waals surface area (Å²) < 4.78 is 33.2. The molecule has 5 nitrogen and oxygen atoms in total. The summed E-state index contributed by atoms with van der Waals surface area (Å²) in [4.78, 5) is 0. The highest BCUT2D eigenvalue weighted by atomic mass is 35.5. The van der Waals surface area contributed by atoms with Crippen molar-refractivity contribution in [3.8, 4) is 16.9 Å². The van der Waals surface area contributed by atoms with E-state index in [4.69, 9.17) is 39.7 Å². The van der Waals surface area contributed by atoms with Crippen LogP contribution in [0.5, 0.6) is 5.75 Å². The number of anilines is 1. The Morgan fingerprint density at radius 2 is 1.84 bits per heavy atom. The topological polar surface area (TPSA) is 58.6 Å². The first-order valence-electron chi connectivity index (χ1n) is 9.43. The minimum Gasteiger partial charge on any atom is -0.485 e. The first-order valence-corrected chi connectivity index (χ1v) is 12.8. The molecule has 1 fully saturated rings. The summed E-state index contributed by atoms with van der Waals surface area (Å²) in [5, 5.41) is 6.02. The summed E-state index contributed by atoms with van der Waals surface area (Å²) in [6.07, 6.45) is 0.819. The zero-order valence-corrected chi connectivity index (χ0v) is 20.3. The van der Waals surface area contributed by atoms with Crippen molar-refractivity contribution < 1.29 is 13.2 Å². The Balaban J connectivity index is 1.60. The van der Waals surface area contributed by atoms with E-state index in [0.29, 0.717) is 22.3 Å². The van der Waals surface area contributed by atoms with Gasteiger partial charge in [-0.3, -0.25) is 0 Å². The van der Waals surface area contributed by atoms with Crippen LogP contribution < -0.4 is 13.9 Å². The lowest BCUT2D eigenvalue weighted by atomic mass is 10.1. The molecule has 0 saturated carbocycles. The van der Waals surface area contributed by atoms with Crippen LogP contribution in [0.15, 0.2) is 58.1 Å². The first kappa shape index (κ1) is 22.7. The van der Waals surface area contributed by atoms with Gasteiger partial charge in [-0.1, -0.05) is 35.3 Å². The second kappa shape index (κ2) is 8.81. The molecule has 164 valence electrons. The van der Waals surface area contributed by atoms with E-state index in [1.807, 2.05) is 19.1 Å². The molecule has 0 aliphatic carbocycles. The lowest BCUT2D eigenvalue weighted by Gasteiger charge is -2.26. The number of rotatable bonds is 6. The van der Waals surface area contributed by atoms with Gasteiger partial charge in [-0.2, -0.15) is 12.2 Å². The molecule has 10 heteroatoms. The highest BCUT2D eigenvalue weighted by Gasteiger charge is 2.32. The second-order valence-electron chi connectivity index (χ2n) is 7.47. The minimum absolute atomic E-state index is 0.122. The summed E-state index contributed by atoms with van der Waals surface area (Å²) in [6, 6.07) is 13.4. The van der Waals surface area contributed by atoms with E-state index in [1.54, 1.807) is 41.8 Å². The van der Waals surface area contributed by atoms with Crippen molar-refractivity contribution in [1.82, 2.24) is 5.32 Å². The number of halogens is 3. The van der Waals surface area contributed by atoms with Gasteiger partial charge in [-0.25, -0.2) is 0 Å². The van der Waals surface area contributed by atoms with E-state index < -0.39 is 15.6 Å². The van der Waals surface area contributed by atoms with Crippen LogP contribution in [-0.2, 0) is 10.0 Å². The fourth-order valence-electron chi connectivity index (χ4n) is 3.29. The van der Waals surface area contributed by atoms with Crippen LogP contribution in [0.2, 0.25) is 10.0 Å². The van der Waals surface area contributed by atoms with Crippen LogP contribution in [0.3, 0.4) is 0 Å². The number of ether oxygens (including phenoxy) is 1. The van der Waals surface area contributed by atoms with Crippen LogP contribution >= 0.6 is 46.3 Å². The molecule has 2 aromatic carbocycles. The molecule has 4 rings (SSSR count). The van der Waals surface area contributed by atoms with Gasteiger partial charge >= 0.3 is 0 Å². The third-order valence-electron chi connectivity index (χ3n) is 5.02. The average Bonchev–Trinajstić information content (AvgIpc) is 3.40. The van der Waals surface area contributed by atoms with Gasteiger partial charge in [-0.05, 0) is 60.3 Å². The third kappa shape index (κ3) is 4.82. The second-order valence-corrected chi connectivity index (χ2v) is 11.8. The van der Waals surface area contributed by atoms with Gasteiger partial charge in [0.1, 0.15) is 15.6 Å². The van der Waals surface area contributed by atoms with Crippen LogP contribution in [0.1, 0.15) is 13.3 Å². The van der Waals surface area contributed by atoms with Gasteiger partial charge in [0.05, 0.1) is 10.7 Å². The van der Waals surface area contributed by atoms with E-state index in [-0.39, 0.29) is 9.90 Å². The van der Waals surface area contributed by atoms with Gasteiger partial charge < -0.3 is 10.1 Å². The Morgan fingerprint density at radius 1 is 1.10 bits per heavy atom. The normalized spacial score (nSPS) is 18.8. The number of thiophene rings is 1. The zero-order chi connectivity index (χ0) is 22.2. The molecule has 3 aromatic rings. The van der Waals surface area contributed by atoms with Crippen LogP contribution in [-0.4, -0.2) is 27.1 Å². The molecule has 1 aliphatic heterocycles. The van der Waals surface area contributed by atoms with Crippen molar-refractivity contribution in [3.63, 3.8) is 0 Å². The van der Waals surface area contributed by atoms with E-state index in [0.717, 1.165) is 39.3 Å². The van der Waals surface area contributed by atoms with Gasteiger partial charge in [0, 0.05) is 35.8 Å². The summed E-state index contributed by atoms with van der Waals surface area (Å²) in [7, 11) is -3.98. The SMILES string of the molecule is C[C@@]1(Oc2cc(N(Cl)S(=O)(=O)c3cc(-c4ccc(Cl)cc4)cs3)ccc2Cl)CCNC1. The number of nitrogens with zero attached hydrogens (tertiary/aromatic N) is 1. The van der Waals surface area contributed by atoms with E-state index in [9.17, 15) is 8.42 Å². The molecule has 1 atom stereocenters. The maximum atomic E-state index is 13.1. The Hall–Kier alpha value is -1.48. The summed E-state index contributed by atoms with van der Waals surface area (Å²) in [5.74, 6) is 0.388. The summed E-state index contributed by atoms with van der Waals surface area (Å²) in [6.45, 7) is 3.51. The molecule has 1 aromatic heterocycles. The van der Waals surface area contributed by atoms with Crippen molar-refractivity contribution in [2.75, 3.05) is 16.9 Å². The third-order valence-corrected chi connectivity index (χ3v) is 9.23. The Bertz CT molecular complexity index is 1190. The number of hydrogen-bond acceptors (Lipinski definition) is 5. The zero-order valence-electron chi connectivity index (χ0n) is 16.4. The summed E-state index contributed by atoms with van der Waals surface area (Å²) >= 11 is 19.6. The molecule has 0 radical (unpaired) electrons. The van der Waals surface area contributed by atoms with Gasteiger partial charge in [-0.15, -0.1) is 11.3 Å². The molecule has 31 heavy (non-hydrogen) atoms. The molecule has 0 amide bonds. The van der Waals surface area contributed by atoms with Crippen LogP contribution in [0.25, 0.3) is 11.1 Å². The molecule has 0 spiro atoms. The average molecular weight is 518 g/mol. The summed E-state index contributed by atoms with van der Waals surface area (Å²) in [5.41, 5.74) is 1.47. The number of hydrogen-bond donors (Lipinski definition) is 1. The predicted molar refractivity (Wildman–Crippen MR) is 128 cm³/mol. The fraction of sp³-hybridized carbons (Fsp3) is 0.238. The molecular formula is C21H19Cl3N2O3S2. The number of benzene rings is 2. The highest BCUT2D eigenvalue weighted by molar-refractivity contribution is 7.96. The highest BCUT2D eigenvalue weighted by Crippen LogP contribution is 2.38. The van der Waals surface area contributed by atoms with Crippen molar-refractivity contribution in [3.05, 3.63) is 64.0 Å². The molecule has 1 saturated heterocycles. The molecule has 0 bridgehead atoms. The van der Waals surface area contributed by atoms with Crippen molar-refractivity contribution in [1.29, 1.82) is 0 Å². The molecule has 1 aliphatic rings. The predicted octanol–water partition coefficient (Wildman–Crippen LogP) is 6.20. The smallest absolute Gasteiger partial charge is 0.287 e. The van der Waals surface area contributed by atoms with E-state index in [1.165, 1.54) is 0 Å². The van der Waals surface area contributed by atoms with Crippen LogP contribution in [0.4, 0.5) is 5.69 Å². The van der Waals surface area contributed by atoms with Crippen LogP contribution in [0, 0.1) is 0 Å².